The van der Waals surface area contributed by atoms with Crippen molar-refractivity contribution in [2.24, 2.45) is 10.1 Å². The Hall–Kier alpha value is -3.80. The first-order chi connectivity index (χ1) is 14.2. The fourth-order valence-electron chi connectivity index (χ4n) is 3.09. The van der Waals surface area contributed by atoms with Crippen molar-refractivity contribution >= 4 is 17.2 Å². The van der Waals surface area contributed by atoms with Gasteiger partial charge in [0.1, 0.15) is 23.0 Å². The lowest BCUT2D eigenvalue weighted by atomic mass is 10.0. The number of nitrogens with zero attached hydrogens (tertiary/aromatic N) is 2. The predicted octanol–water partition coefficient (Wildman–Crippen LogP) is 4.15. The number of benzene rings is 3. The highest BCUT2D eigenvalue weighted by Crippen LogP contribution is 2.30. The zero-order valence-corrected chi connectivity index (χ0v) is 16.5. The summed E-state index contributed by atoms with van der Waals surface area (Å²) in [4.78, 5) is 4.82. The summed E-state index contributed by atoms with van der Waals surface area (Å²) in [6, 6.07) is 21.2. The van der Waals surface area contributed by atoms with Crippen molar-refractivity contribution in [3.8, 4) is 17.2 Å². The standard InChI is InChI=1S/C23H21N3O3/c1-27-17-8-4-15(5-9-17)22-20-14-19(29-3)12-13-21(20)24-23(26-25-22)16-6-10-18(28-2)11-7-16/h4-14H,1-3H3,(H,24,26). The number of hydrogen-bond acceptors (Lipinski definition) is 6. The molecule has 6 nitrogen and oxygen atoms in total. The molecular weight excluding hydrogens is 366 g/mol. The number of hydrogen-bond donors (Lipinski definition) is 1. The van der Waals surface area contributed by atoms with Crippen LogP contribution in [0.25, 0.3) is 0 Å². The maximum atomic E-state index is 5.42. The number of aliphatic imine (C=N–C) groups is 1. The number of rotatable bonds is 5. The van der Waals surface area contributed by atoms with E-state index in [9.17, 15) is 0 Å². The third-order valence-electron chi connectivity index (χ3n) is 4.69. The number of amidine groups is 1. The first kappa shape index (κ1) is 18.6. The van der Waals surface area contributed by atoms with Gasteiger partial charge in [-0.15, -0.1) is 0 Å². The zero-order valence-electron chi connectivity index (χ0n) is 16.5. The molecule has 3 aromatic carbocycles. The van der Waals surface area contributed by atoms with Gasteiger partial charge in [0.25, 0.3) is 0 Å². The quantitative estimate of drug-likeness (QED) is 0.714. The van der Waals surface area contributed by atoms with Gasteiger partial charge in [0.2, 0.25) is 0 Å². The van der Waals surface area contributed by atoms with Crippen LogP contribution in [-0.4, -0.2) is 32.9 Å². The Labute approximate surface area is 169 Å². The average Bonchev–Trinajstić information content (AvgIpc) is 2.98. The topological polar surface area (TPSA) is 64.4 Å². The van der Waals surface area contributed by atoms with Crippen molar-refractivity contribution in [3.05, 3.63) is 83.4 Å². The number of fused-ring (bicyclic) bond motifs is 1. The first-order valence-electron chi connectivity index (χ1n) is 9.11. The molecule has 0 spiro atoms. The Morgan fingerprint density at radius 1 is 0.655 bits per heavy atom. The highest BCUT2D eigenvalue weighted by Gasteiger charge is 2.18. The maximum absolute atomic E-state index is 5.42. The number of ether oxygens (including phenoxy) is 3. The predicted molar refractivity (Wildman–Crippen MR) is 114 cm³/mol. The van der Waals surface area contributed by atoms with Crippen LogP contribution >= 0.6 is 0 Å². The van der Waals surface area contributed by atoms with Gasteiger partial charge in [-0.3, -0.25) is 5.43 Å². The van der Waals surface area contributed by atoms with Crippen LogP contribution in [0.4, 0.5) is 5.69 Å². The van der Waals surface area contributed by atoms with Crippen molar-refractivity contribution in [3.63, 3.8) is 0 Å². The molecule has 146 valence electrons. The summed E-state index contributed by atoms with van der Waals surface area (Å²) in [6.07, 6.45) is 0. The molecule has 29 heavy (non-hydrogen) atoms. The van der Waals surface area contributed by atoms with Gasteiger partial charge in [0.05, 0.1) is 27.0 Å². The molecule has 0 saturated carbocycles. The lowest BCUT2D eigenvalue weighted by molar-refractivity contribution is 0.414. The largest absolute Gasteiger partial charge is 0.497 e. The van der Waals surface area contributed by atoms with Crippen molar-refractivity contribution < 1.29 is 14.2 Å². The SMILES string of the molecule is COc1ccc(C2=Nc3ccc(OC)cc3C(c3ccc(OC)cc3)=NN2)cc1. The number of methoxy groups -OCH3 is 3. The molecule has 0 radical (unpaired) electrons. The van der Waals surface area contributed by atoms with E-state index < -0.39 is 0 Å². The van der Waals surface area contributed by atoms with Crippen LogP contribution in [0, 0.1) is 0 Å². The van der Waals surface area contributed by atoms with Crippen molar-refractivity contribution in [2.75, 3.05) is 21.3 Å². The van der Waals surface area contributed by atoms with E-state index in [-0.39, 0.29) is 0 Å². The molecule has 0 aromatic heterocycles. The zero-order chi connectivity index (χ0) is 20.2. The van der Waals surface area contributed by atoms with Crippen LogP contribution in [0.1, 0.15) is 16.7 Å². The van der Waals surface area contributed by atoms with Gasteiger partial charge >= 0.3 is 0 Å². The lowest BCUT2D eigenvalue weighted by Gasteiger charge is -2.10. The van der Waals surface area contributed by atoms with E-state index in [0.717, 1.165) is 45.3 Å². The first-order valence-corrected chi connectivity index (χ1v) is 9.11. The fourth-order valence-corrected chi connectivity index (χ4v) is 3.09. The molecule has 0 bridgehead atoms. The third-order valence-corrected chi connectivity index (χ3v) is 4.69. The van der Waals surface area contributed by atoms with Gasteiger partial charge in [-0.1, -0.05) is 0 Å². The van der Waals surface area contributed by atoms with Crippen molar-refractivity contribution in [1.29, 1.82) is 0 Å². The number of hydrazone groups is 1. The summed E-state index contributed by atoms with van der Waals surface area (Å²) < 4.78 is 15.9. The molecule has 0 fully saturated rings. The molecule has 6 heteroatoms. The normalized spacial score (nSPS) is 12.7. The molecule has 1 heterocycles. The molecule has 4 rings (SSSR count). The molecule has 0 aliphatic carbocycles. The second kappa shape index (κ2) is 8.06. The molecular formula is C23H21N3O3. The Bertz CT molecular complexity index is 1070. The van der Waals surface area contributed by atoms with E-state index in [0.29, 0.717) is 5.84 Å². The smallest absolute Gasteiger partial charge is 0.154 e. The summed E-state index contributed by atoms with van der Waals surface area (Å²) >= 11 is 0. The van der Waals surface area contributed by atoms with Gasteiger partial charge in [0, 0.05) is 16.7 Å². The molecule has 0 saturated heterocycles. The van der Waals surface area contributed by atoms with Gasteiger partial charge in [-0.25, -0.2) is 4.99 Å². The Morgan fingerprint density at radius 3 is 1.79 bits per heavy atom. The van der Waals surface area contributed by atoms with Crippen LogP contribution in [0.2, 0.25) is 0 Å². The summed E-state index contributed by atoms with van der Waals surface area (Å²) in [5.74, 6) is 2.98. The highest BCUT2D eigenvalue weighted by atomic mass is 16.5. The Balaban J connectivity index is 1.81. The minimum atomic E-state index is 0.655. The summed E-state index contributed by atoms with van der Waals surface area (Å²) in [7, 11) is 4.94. The van der Waals surface area contributed by atoms with Crippen molar-refractivity contribution in [2.45, 2.75) is 0 Å². The summed E-state index contributed by atoms with van der Waals surface area (Å²) in [6.45, 7) is 0. The second-order valence-corrected chi connectivity index (χ2v) is 6.37. The van der Waals surface area contributed by atoms with Gasteiger partial charge in [0.15, 0.2) is 5.84 Å². The second-order valence-electron chi connectivity index (χ2n) is 6.37. The number of nitrogens with one attached hydrogen (secondary N) is 1. The molecule has 1 aliphatic heterocycles. The van der Waals surface area contributed by atoms with Gasteiger partial charge in [-0.2, -0.15) is 5.10 Å². The van der Waals surface area contributed by atoms with E-state index in [1.165, 1.54) is 0 Å². The average molecular weight is 387 g/mol. The Kier molecular flexibility index (Phi) is 5.16. The van der Waals surface area contributed by atoms with E-state index in [1.807, 2.05) is 66.7 Å². The Morgan fingerprint density at radius 2 is 1.21 bits per heavy atom. The van der Waals surface area contributed by atoms with E-state index in [2.05, 4.69) is 10.5 Å². The van der Waals surface area contributed by atoms with Crippen LogP contribution in [0.5, 0.6) is 17.2 Å². The van der Waals surface area contributed by atoms with Crippen LogP contribution < -0.4 is 19.6 Å². The maximum Gasteiger partial charge on any atom is 0.154 e. The van der Waals surface area contributed by atoms with Gasteiger partial charge < -0.3 is 14.2 Å². The lowest BCUT2D eigenvalue weighted by Crippen LogP contribution is -2.19. The third kappa shape index (κ3) is 3.78. The molecule has 0 unspecified atom stereocenters. The van der Waals surface area contributed by atoms with Crippen LogP contribution in [0.3, 0.4) is 0 Å². The van der Waals surface area contributed by atoms with Gasteiger partial charge in [-0.05, 0) is 66.7 Å². The van der Waals surface area contributed by atoms with Crippen LogP contribution in [0.15, 0.2) is 76.8 Å². The minimum absolute atomic E-state index is 0.655. The monoisotopic (exact) mass is 387 g/mol. The highest BCUT2D eigenvalue weighted by molar-refractivity contribution is 6.18. The van der Waals surface area contributed by atoms with E-state index >= 15 is 0 Å². The molecule has 0 amide bonds. The van der Waals surface area contributed by atoms with E-state index in [1.54, 1.807) is 21.3 Å². The molecule has 0 atom stereocenters. The van der Waals surface area contributed by atoms with Crippen molar-refractivity contribution in [1.82, 2.24) is 5.43 Å². The summed E-state index contributed by atoms with van der Waals surface area (Å²) in [5.41, 5.74) is 7.43. The fraction of sp³-hybridized carbons (Fsp3) is 0.130. The van der Waals surface area contributed by atoms with E-state index in [4.69, 9.17) is 19.2 Å². The molecule has 3 aromatic rings. The van der Waals surface area contributed by atoms with Crippen LogP contribution in [-0.2, 0) is 0 Å². The summed E-state index contributed by atoms with van der Waals surface area (Å²) in [5, 5.41) is 4.67. The minimum Gasteiger partial charge on any atom is -0.497 e. The molecule has 1 aliphatic rings. The molecule has 1 N–H and O–H groups in total.